The van der Waals surface area contributed by atoms with E-state index < -0.39 is 0 Å². The molecule has 1 aromatic carbocycles. The highest BCUT2D eigenvalue weighted by atomic mass is 32.1. The standard InChI is InChI=1S/C17H15FN2OS2/c1-10(12-5-7-13(18)8-6-12)19-16(21)15-11(2)20-17(23-15)14-4-3-9-22-14/h3-10H,1-2H3,(H,19,21)/t10-/m1/s1. The molecule has 2 aromatic heterocycles. The van der Waals surface area contributed by atoms with E-state index in [4.69, 9.17) is 0 Å². The second-order valence-corrected chi connectivity index (χ2v) is 7.10. The lowest BCUT2D eigenvalue weighted by Crippen LogP contribution is -2.26. The fourth-order valence-electron chi connectivity index (χ4n) is 2.21. The van der Waals surface area contributed by atoms with Crippen LogP contribution in [0.3, 0.4) is 0 Å². The Morgan fingerprint density at radius 1 is 1.26 bits per heavy atom. The number of thiophene rings is 1. The molecule has 1 amide bonds. The van der Waals surface area contributed by atoms with E-state index in [1.807, 2.05) is 31.4 Å². The second kappa shape index (κ2) is 6.60. The van der Waals surface area contributed by atoms with Crippen LogP contribution in [0.1, 0.15) is 33.9 Å². The lowest BCUT2D eigenvalue weighted by atomic mass is 10.1. The summed E-state index contributed by atoms with van der Waals surface area (Å²) in [6.07, 6.45) is 0. The third-order valence-corrected chi connectivity index (χ3v) is 5.65. The first-order chi connectivity index (χ1) is 11.0. The highest BCUT2D eigenvalue weighted by molar-refractivity contribution is 7.22. The minimum Gasteiger partial charge on any atom is -0.345 e. The first-order valence-electron chi connectivity index (χ1n) is 7.12. The molecule has 0 aliphatic rings. The molecule has 1 atom stereocenters. The molecule has 3 rings (SSSR count). The molecule has 0 saturated heterocycles. The van der Waals surface area contributed by atoms with Gasteiger partial charge in [0.05, 0.1) is 16.6 Å². The number of carbonyl (C=O) groups is 1. The Morgan fingerprint density at radius 2 is 2.00 bits per heavy atom. The van der Waals surface area contributed by atoms with E-state index in [9.17, 15) is 9.18 Å². The van der Waals surface area contributed by atoms with E-state index in [-0.39, 0.29) is 17.8 Å². The number of rotatable bonds is 4. The maximum absolute atomic E-state index is 13.0. The monoisotopic (exact) mass is 346 g/mol. The molecule has 6 heteroatoms. The fraction of sp³-hybridized carbons (Fsp3) is 0.176. The van der Waals surface area contributed by atoms with Crippen molar-refractivity contribution in [3.05, 3.63) is 63.7 Å². The van der Waals surface area contributed by atoms with Crippen LogP contribution in [-0.4, -0.2) is 10.9 Å². The molecule has 0 fully saturated rings. The minimum absolute atomic E-state index is 0.153. The molecule has 1 N–H and O–H groups in total. The predicted molar refractivity (Wildman–Crippen MR) is 92.4 cm³/mol. The summed E-state index contributed by atoms with van der Waals surface area (Å²) in [5.41, 5.74) is 1.59. The van der Waals surface area contributed by atoms with Crippen LogP contribution in [0.4, 0.5) is 4.39 Å². The van der Waals surface area contributed by atoms with E-state index in [1.54, 1.807) is 23.5 Å². The molecule has 0 aliphatic heterocycles. The Morgan fingerprint density at radius 3 is 2.65 bits per heavy atom. The molecule has 0 saturated carbocycles. The molecule has 118 valence electrons. The Kier molecular flexibility index (Phi) is 4.54. The van der Waals surface area contributed by atoms with Gasteiger partial charge in [-0.2, -0.15) is 0 Å². The number of amides is 1. The summed E-state index contributed by atoms with van der Waals surface area (Å²) in [4.78, 5) is 18.6. The van der Waals surface area contributed by atoms with Gasteiger partial charge in [0.15, 0.2) is 0 Å². The quantitative estimate of drug-likeness (QED) is 0.736. The number of hydrogen-bond acceptors (Lipinski definition) is 4. The summed E-state index contributed by atoms with van der Waals surface area (Å²) < 4.78 is 13.0. The molecule has 0 aliphatic carbocycles. The van der Waals surface area contributed by atoms with Crippen LogP contribution in [0.15, 0.2) is 41.8 Å². The van der Waals surface area contributed by atoms with E-state index in [0.717, 1.165) is 21.1 Å². The average molecular weight is 346 g/mol. The van der Waals surface area contributed by atoms with Crippen LogP contribution in [0.25, 0.3) is 9.88 Å². The number of hydrogen-bond donors (Lipinski definition) is 1. The van der Waals surface area contributed by atoms with Gasteiger partial charge in [-0.15, -0.1) is 22.7 Å². The Balaban J connectivity index is 1.77. The lowest BCUT2D eigenvalue weighted by molar-refractivity contribution is 0.0943. The van der Waals surface area contributed by atoms with Crippen molar-refractivity contribution in [3.63, 3.8) is 0 Å². The van der Waals surface area contributed by atoms with Gasteiger partial charge in [0, 0.05) is 0 Å². The maximum Gasteiger partial charge on any atom is 0.263 e. The zero-order chi connectivity index (χ0) is 16.4. The highest BCUT2D eigenvalue weighted by Crippen LogP contribution is 2.31. The molecular formula is C17H15FN2OS2. The van der Waals surface area contributed by atoms with Gasteiger partial charge in [-0.05, 0) is 43.0 Å². The van der Waals surface area contributed by atoms with Crippen molar-refractivity contribution >= 4 is 28.6 Å². The van der Waals surface area contributed by atoms with Crippen LogP contribution >= 0.6 is 22.7 Å². The third-order valence-electron chi connectivity index (χ3n) is 3.45. The number of carbonyl (C=O) groups excluding carboxylic acids is 1. The van der Waals surface area contributed by atoms with Crippen molar-refractivity contribution in [2.45, 2.75) is 19.9 Å². The Bertz CT molecular complexity index is 810. The van der Waals surface area contributed by atoms with E-state index in [1.165, 1.54) is 23.5 Å². The van der Waals surface area contributed by atoms with Crippen LogP contribution in [0.5, 0.6) is 0 Å². The van der Waals surface area contributed by atoms with E-state index in [2.05, 4.69) is 10.3 Å². The smallest absolute Gasteiger partial charge is 0.263 e. The Labute approximate surface area is 141 Å². The fourth-order valence-corrected chi connectivity index (χ4v) is 3.98. The van der Waals surface area contributed by atoms with E-state index >= 15 is 0 Å². The minimum atomic E-state index is -0.286. The van der Waals surface area contributed by atoms with Crippen molar-refractivity contribution in [2.75, 3.05) is 0 Å². The number of halogens is 1. The van der Waals surface area contributed by atoms with Crippen molar-refractivity contribution in [1.29, 1.82) is 0 Å². The lowest BCUT2D eigenvalue weighted by Gasteiger charge is -2.13. The molecule has 0 unspecified atom stereocenters. The van der Waals surface area contributed by atoms with Gasteiger partial charge in [0.25, 0.3) is 5.91 Å². The van der Waals surface area contributed by atoms with Crippen molar-refractivity contribution in [1.82, 2.24) is 10.3 Å². The molecule has 2 heterocycles. The molecule has 3 aromatic rings. The predicted octanol–water partition coefficient (Wildman–Crippen LogP) is 4.81. The number of benzene rings is 1. The molecule has 3 nitrogen and oxygen atoms in total. The number of aromatic nitrogens is 1. The normalized spacial score (nSPS) is 12.1. The van der Waals surface area contributed by atoms with Gasteiger partial charge < -0.3 is 5.32 Å². The van der Waals surface area contributed by atoms with Crippen LogP contribution in [0, 0.1) is 12.7 Å². The number of nitrogens with zero attached hydrogens (tertiary/aromatic N) is 1. The maximum atomic E-state index is 13.0. The number of nitrogens with one attached hydrogen (secondary N) is 1. The highest BCUT2D eigenvalue weighted by Gasteiger charge is 2.18. The van der Waals surface area contributed by atoms with Gasteiger partial charge >= 0.3 is 0 Å². The molecule has 23 heavy (non-hydrogen) atoms. The first-order valence-corrected chi connectivity index (χ1v) is 8.82. The van der Waals surface area contributed by atoms with Crippen molar-refractivity contribution < 1.29 is 9.18 Å². The summed E-state index contributed by atoms with van der Waals surface area (Å²) in [6, 6.07) is 9.90. The zero-order valence-electron chi connectivity index (χ0n) is 12.7. The average Bonchev–Trinajstić information content (AvgIpc) is 3.16. The second-order valence-electron chi connectivity index (χ2n) is 5.16. The summed E-state index contributed by atoms with van der Waals surface area (Å²) in [5, 5.41) is 5.79. The molecule has 0 radical (unpaired) electrons. The van der Waals surface area contributed by atoms with Crippen LogP contribution in [0.2, 0.25) is 0 Å². The zero-order valence-corrected chi connectivity index (χ0v) is 14.3. The number of aryl methyl sites for hydroxylation is 1. The van der Waals surface area contributed by atoms with Gasteiger partial charge in [0.1, 0.15) is 15.7 Å². The van der Waals surface area contributed by atoms with Crippen molar-refractivity contribution in [2.24, 2.45) is 0 Å². The Hall–Kier alpha value is -2.05. The van der Waals surface area contributed by atoms with Gasteiger partial charge in [-0.1, -0.05) is 18.2 Å². The topological polar surface area (TPSA) is 42.0 Å². The molecule has 0 spiro atoms. The van der Waals surface area contributed by atoms with Crippen LogP contribution < -0.4 is 5.32 Å². The summed E-state index contributed by atoms with van der Waals surface area (Å²) in [7, 11) is 0. The van der Waals surface area contributed by atoms with Crippen LogP contribution in [-0.2, 0) is 0 Å². The van der Waals surface area contributed by atoms with E-state index in [0.29, 0.717) is 4.88 Å². The first kappa shape index (κ1) is 15.8. The summed E-state index contributed by atoms with van der Waals surface area (Å²) >= 11 is 2.99. The number of thiazole rings is 1. The SMILES string of the molecule is Cc1nc(-c2cccs2)sc1C(=O)N[C@H](C)c1ccc(F)cc1. The molecule has 0 bridgehead atoms. The summed E-state index contributed by atoms with van der Waals surface area (Å²) in [5.74, 6) is -0.439. The molecular weight excluding hydrogens is 331 g/mol. The van der Waals surface area contributed by atoms with Crippen molar-refractivity contribution in [3.8, 4) is 9.88 Å². The third kappa shape index (κ3) is 3.48. The van der Waals surface area contributed by atoms with Gasteiger partial charge in [-0.3, -0.25) is 4.79 Å². The summed E-state index contributed by atoms with van der Waals surface area (Å²) in [6.45, 7) is 3.72. The van der Waals surface area contributed by atoms with Gasteiger partial charge in [0.2, 0.25) is 0 Å². The van der Waals surface area contributed by atoms with Gasteiger partial charge in [-0.25, -0.2) is 9.37 Å². The largest absolute Gasteiger partial charge is 0.345 e.